The smallest absolute Gasteiger partial charge is 0.135 e. The molecule has 0 saturated heterocycles. The minimum atomic E-state index is -0.701. The third kappa shape index (κ3) is 7.04. The van der Waals surface area contributed by atoms with Gasteiger partial charge in [-0.25, -0.2) is 0 Å². The molecule has 0 N–H and O–H groups in total. The number of fused-ring (bicyclic) bond motifs is 19. The van der Waals surface area contributed by atoms with Crippen molar-refractivity contribution >= 4 is 39.0 Å². The second kappa shape index (κ2) is 18.1. The monoisotopic (exact) mass is 1120 g/mol. The van der Waals surface area contributed by atoms with Crippen LogP contribution in [0.15, 0.2) is 265 Å². The van der Waals surface area contributed by atoms with Crippen molar-refractivity contribution in [2.45, 2.75) is 82.5 Å². The third-order valence-corrected chi connectivity index (χ3v) is 20.5. The van der Waals surface area contributed by atoms with Gasteiger partial charge in [-0.15, -0.1) is 0 Å². The van der Waals surface area contributed by atoms with Gasteiger partial charge in [0.2, 0.25) is 0 Å². The fourth-order valence-corrected chi connectivity index (χ4v) is 16.4. The zero-order chi connectivity index (χ0) is 58.9. The van der Waals surface area contributed by atoms with Crippen molar-refractivity contribution in [1.29, 1.82) is 0 Å². The van der Waals surface area contributed by atoms with Crippen LogP contribution < -0.4 is 4.90 Å². The minimum Gasteiger partial charge on any atom is -0.456 e. The van der Waals surface area contributed by atoms with Gasteiger partial charge < -0.3 is 9.32 Å². The highest BCUT2D eigenvalue weighted by atomic mass is 16.3. The molecule has 0 saturated carbocycles. The topological polar surface area (TPSA) is 16.4 Å². The maximum Gasteiger partial charge on any atom is 0.135 e. The Balaban J connectivity index is 0.975. The summed E-state index contributed by atoms with van der Waals surface area (Å²) < 4.78 is 6.56. The molecule has 1 spiro atoms. The first-order valence-corrected chi connectivity index (χ1v) is 31.1. The lowest BCUT2D eigenvalue weighted by Gasteiger charge is -2.36. The average molecular weight is 1120 g/mol. The zero-order valence-corrected chi connectivity index (χ0v) is 50.7. The predicted molar refractivity (Wildman–Crippen MR) is 362 cm³/mol. The minimum absolute atomic E-state index is 0.0710. The molecular formula is C85H67NO. The van der Waals surface area contributed by atoms with Gasteiger partial charge in [0.1, 0.15) is 11.2 Å². The van der Waals surface area contributed by atoms with E-state index in [1.807, 2.05) is 0 Å². The first-order chi connectivity index (χ1) is 42.2. The van der Waals surface area contributed by atoms with E-state index in [-0.39, 0.29) is 16.2 Å². The number of para-hydroxylation sites is 2. The van der Waals surface area contributed by atoms with Crippen molar-refractivity contribution < 1.29 is 4.42 Å². The Labute approximate surface area is 511 Å². The number of nitrogens with zero attached hydrogens (tertiary/aromatic N) is 1. The van der Waals surface area contributed by atoms with Crippen molar-refractivity contribution in [2.24, 2.45) is 0 Å². The van der Waals surface area contributed by atoms with E-state index in [2.05, 4.69) is 321 Å². The van der Waals surface area contributed by atoms with Gasteiger partial charge in [0.15, 0.2) is 0 Å². The van der Waals surface area contributed by atoms with Crippen molar-refractivity contribution in [3.63, 3.8) is 0 Å². The third-order valence-electron chi connectivity index (χ3n) is 20.5. The van der Waals surface area contributed by atoms with Crippen LogP contribution in [0.25, 0.3) is 77.6 Å². The van der Waals surface area contributed by atoms with Crippen LogP contribution in [0.4, 0.5) is 17.1 Å². The van der Waals surface area contributed by atoms with Crippen LogP contribution >= 0.6 is 0 Å². The molecule has 4 aliphatic rings. The summed E-state index contributed by atoms with van der Waals surface area (Å²) in [4.78, 5) is 2.61. The number of anilines is 3. The standard InChI is InChI=1S/C85H67NO/c1-81(2,3)53-37-42-60-61-43-38-54(82(4,5)6)49-74(61)85(73(60)48-53)71-33-19-13-26-59(71)63-45-41-57(51-76(63)85)86(77-35-20-15-27-64(77)66-30-22-34-72-80(66)67-29-14-17-31-69(67)83(72,7)8)56-40-44-62-58-25-12-18-32-70(58)84(75(62)50-56,52-23-10-9-11-24-52)55-39-46-79-68(47-55)65-28-16-21-36-78(65)87-79/h9-51H,1-8H3. The molecule has 17 rings (SSSR count). The van der Waals surface area contributed by atoms with Crippen molar-refractivity contribution in [3.05, 3.63) is 328 Å². The van der Waals surface area contributed by atoms with Crippen LogP contribution in [-0.2, 0) is 27.1 Å². The molecule has 87 heavy (non-hydrogen) atoms. The molecule has 0 radical (unpaired) electrons. The molecule has 1 unspecified atom stereocenters. The molecule has 0 aliphatic heterocycles. The van der Waals surface area contributed by atoms with E-state index in [0.29, 0.717) is 0 Å². The first-order valence-electron chi connectivity index (χ1n) is 31.1. The summed E-state index contributed by atoms with van der Waals surface area (Å²) in [6.07, 6.45) is 0. The molecule has 1 aromatic heterocycles. The fourth-order valence-electron chi connectivity index (χ4n) is 16.4. The van der Waals surface area contributed by atoms with Crippen LogP contribution in [-0.4, -0.2) is 0 Å². The number of furan rings is 1. The number of benzene rings is 12. The van der Waals surface area contributed by atoms with Crippen LogP contribution in [0.5, 0.6) is 0 Å². The molecule has 4 aliphatic carbocycles. The molecule has 2 nitrogen and oxygen atoms in total. The molecule has 0 bridgehead atoms. The zero-order valence-electron chi connectivity index (χ0n) is 50.7. The Morgan fingerprint density at radius 3 is 1.39 bits per heavy atom. The van der Waals surface area contributed by atoms with Gasteiger partial charge >= 0.3 is 0 Å². The highest BCUT2D eigenvalue weighted by Crippen LogP contribution is 2.65. The molecule has 1 heterocycles. The normalized spacial score (nSPS) is 16.0. The van der Waals surface area contributed by atoms with Crippen LogP contribution in [0.1, 0.15) is 122 Å². The lowest BCUT2D eigenvalue weighted by atomic mass is 9.67. The highest BCUT2D eigenvalue weighted by Gasteiger charge is 2.53. The summed E-state index contributed by atoms with van der Waals surface area (Å²) in [5.74, 6) is 0. The maximum absolute atomic E-state index is 6.56. The molecule has 0 amide bonds. The molecule has 0 fully saturated rings. The molecule has 2 heteroatoms. The van der Waals surface area contributed by atoms with E-state index in [1.165, 1.54) is 122 Å². The van der Waals surface area contributed by atoms with Gasteiger partial charge in [0, 0.05) is 33.1 Å². The SMILES string of the molecule is CC(C)(C)c1ccc2c(c1)C1(c3ccccc3-c3ccc(N(c4ccc5c(c4)C(c4ccccc4)(c4ccc6oc7ccccc7c6c4)c4ccccc4-5)c4ccccc4-c4cccc5c4-c4ccccc4C5(C)C)cc31)c1cc(C(C)(C)C)ccc1-2. The van der Waals surface area contributed by atoms with E-state index in [1.54, 1.807) is 0 Å². The Hall–Kier alpha value is -9.76. The largest absolute Gasteiger partial charge is 0.456 e. The van der Waals surface area contributed by atoms with Crippen molar-refractivity contribution in [3.8, 4) is 55.6 Å². The summed E-state index contributed by atoms with van der Waals surface area (Å²) in [6.45, 7) is 18.9. The average Bonchev–Trinajstić information content (AvgIpc) is 1.54. The van der Waals surface area contributed by atoms with Gasteiger partial charge in [0.25, 0.3) is 0 Å². The summed E-state index contributed by atoms with van der Waals surface area (Å²) in [5.41, 5.74) is 31.8. The Morgan fingerprint density at radius 1 is 0.299 bits per heavy atom. The summed E-state index contributed by atoms with van der Waals surface area (Å²) in [6, 6.07) is 99.9. The van der Waals surface area contributed by atoms with Gasteiger partial charge in [0.05, 0.1) is 16.5 Å². The maximum atomic E-state index is 6.56. The van der Waals surface area contributed by atoms with E-state index < -0.39 is 10.8 Å². The summed E-state index contributed by atoms with van der Waals surface area (Å²) >= 11 is 0. The quantitative estimate of drug-likeness (QED) is 0.165. The number of rotatable bonds is 6. The molecular weight excluding hydrogens is 1050 g/mol. The van der Waals surface area contributed by atoms with Gasteiger partial charge in [-0.05, 0) is 176 Å². The van der Waals surface area contributed by atoms with Gasteiger partial charge in [-0.3, -0.25) is 0 Å². The van der Waals surface area contributed by atoms with E-state index in [4.69, 9.17) is 4.42 Å². The molecule has 418 valence electrons. The lowest BCUT2D eigenvalue weighted by Crippen LogP contribution is -2.29. The Bertz CT molecular complexity index is 4990. The predicted octanol–water partition coefficient (Wildman–Crippen LogP) is 22.3. The van der Waals surface area contributed by atoms with E-state index in [9.17, 15) is 0 Å². The van der Waals surface area contributed by atoms with E-state index >= 15 is 0 Å². The number of hydrogen-bond donors (Lipinski definition) is 0. The van der Waals surface area contributed by atoms with Crippen LogP contribution in [0.2, 0.25) is 0 Å². The second-order valence-electron chi connectivity index (χ2n) is 27.5. The fraction of sp³-hybridized carbons (Fsp3) is 0.153. The highest BCUT2D eigenvalue weighted by molar-refractivity contribution is 6.06. The Kier molecular flexibility index (Phi) is 10.8. The molecule has 13 aromatic rings. The Morgan fingerprint density at radius 2 is 0.759 bits per heavy atom. The number of hydrogen-bond acceptors (Lipinski definition) is 2. The van der Waals surface area contributed by atoms with E-state index in [0.717, 1.165) is 39.0 Å². The van der Waals surface area contributed by atoms with Gasteiger partial charge in [-0.2, -0.15) is 0 Å². The van der Waals surface area contributed by atoms with Crippen LogP contribution in [0, 0.1) is 0 Å². The second-order valence-corrected chi connectivity index (χ2v) is 27.5. The lowest BCUT2D eigenvalue weighted by molar-refractivity contribution is 0.586. The van der Waals surface area contributed by atoms with Gasteiger partial charge in [-0.1, -0.05) is 268 Å². The van der Waals surface area contributed by atoms with Crippen LogP contribution in [0.3, 0.4) is 0 Å². The summed E-state index contributed by atoms with van der Waals surface area (Å²) in [7, 11) is 0. The molecule has 12 aromatic carbocycles. The first kappa shape index (κ1) is 51.6. The summed E-state index contributed by atoms with van der Waals surface area (Å²) in [5, 5.41) is 2.23. The molecule has 1 atom stereocenters. The van der Waals surface area contributed by atoms with Crippen molar-refractivity contribution in [2.75, 3.05) is 4.90 Å². The van der Waals surface area contributed by atoms with Crippen molar-refractivity contribution in [1.82, 2.24) is 0 Å².